The molecular formula is C13H16N2O. The van der Waals surface area contributed by atoms with Crippen LogP contribution in [0.4, 0.5) is 0 Å². The molecule has 0 aliphatic rings. The van der Waals surface area contributed by atoms with E-state index in [0.29, 0.717) is 11.7 Å². The summed E-state index contributed by atoms with van der Waals surface area (Å²) in [6.07, 6.45) is 3.71. The smallest absolute Gasteiger partial charge is 0.115 e. The Hall–Kier alpha value is -1.77. The second-order valence-corrected chi connectivity index (χ2v) is 4.37. The van der Waals surface area contributed by atoms with Crippen molar-refractivity contribution in [1.29, 1.82) is 0 Å². The van der Waals surface area contributed by atoms with Gasteiger partial charge in [0.25, 0.3) is 0 Å². The quantitative estimate of drug-likeness (QED) is 0.856. The lowest BCUT2D eigenvalue weighted by Crippen LogP contribution is -2.04. The molecular weight excluding hydrogens is 200 g/mol. The maximum Gasteiger partial charge on any atom is 0.115 e. The monoisotopic (exact) mass is 216 g/mol. The van der Waals surface area contributed by atoms with Crippen molar-refractivity contribution in [3.63, 3.8) is 0 Å². The van der Waals surface area contributed by atoms with Crippen LogP contribution in [-0.2, 0) is 6.54 Å². The third kappa shape index (κ3) is 2.24. The summed E-state index contributed by atoms with van der Waals surface area (Å²) in [4.78, 5) is 4.17. The van der Waals surface area contributed by atoms with Crippen LogP contribution in [0.5, 0.6) is 5.75 Å². The zero-order valence-electron chi connectivity index (χ0n) is 9.59. The van der Waals surface area contributed by atoms with Gasteiger partial charge in [-0.05, 0) is 30.2 Å². The molecule has 0 amide bonds. The number of benzene rings is 1. The van der Waals surface area contributed by atoms with Crippen LogP contribution in [0.25, 0.3) is 11.3 Å². The largest absolute Gasteiger partial charge is 0.508 e. The standard InChI is InChI=1S/C13H16N2O/c1-10(2)8-15-9-14-7-13(15)11-3-5-12(16)6-4-11/h3-7,9-10,16H,8H2,1-2H3. The molecule has 1 heterocycles. The van der Waals surface area contributed by atoms with Gasteiger partial charge in [0, 0.05) is 12.1 Å². The van der Waals surface area contributed by atoms with Gasteiger partial charge in [-0.2, -0.15) is 0 Å². The Bertz CT molecular complexity index is 457. The van der Waals surface area contributed by atoms with Crippen LogP contribution in [0.1, 0.15) is 13.8 Å². The van der Waals surface area contributed by atoms with Crippen LogP contribution in [0, 0.1) is 5.92 Å². The summed E-state index contributed by atoms with van der Waals surface area (Å²) in [7, 11) is 0. The predicted molar refractivity (Wildman–Crippen MR) is 64.2 cm³/mol. The first-order valence-electron chi connectivity index (χ1n) is 5.46. The molecule has 0 fully saturated rings. The van der Waals surface area contributed by atoms with Gasteiger partial charge >= 0.3 is 0 Å². The van der Waals surface area contributed by atoms with Gasteiger partial charge in [-0.15, -0.1) is 0 Å². The molecule has 0 aliphatic carbocycles. The molecule has 3 heteroatoms. The Labute approximate surface area is 95.4 Å². The molecule has 2 rings (SSSR count). The SMILES string of the molecule is CC(C)Cn1cncc1-c1ccc(O)cc1. The number of hydrogen-bond acceptors (Lipinski definition) is 2. The number of phenols is 1. The van der Waals surface area contributed by atoms with Crippen LogP contribution in [0.3, 0.4) is 0 Å². The van der Waals surface area contributed by atoms with Gasteiger partial charge in [-0.3, -0.25) is 0 Å². The molecule has 0 saturated carbocycles. The Morgan fingerprint density at radius 1 is 1.25 bits per heavy atom. The van der Waals surface area contributed by atoms with E-state index in [2.05, 4.69) is 23.4 Å². The number of imidazole rings is 1. The molecule has 0 spiro atoms. The van der Waals surface area contributed by atoms with Gasteiger partial charge in [-0.25, -0.2) is 4.98 Å². The highest BCUT2D eigenvalue weighted by Crippen LogP contribution is 2.22. The van der Waals surface area contributed by atoms with Crippen LogP contribution in [-0.4, -0.2) is 14.7 Å². The number of hydrogen-bond donors (Lipinski definition) is 1. The van der Waals surface area contributed by atoms with Crippen LogP contribution in [0.2, 0.25) is 0 Å². The normalized spacial score (nSPS) is 10.9. The van der Waals surface area contributed by atoms with Crippen LogP contribution < -0.4 is 0 Å². The molecule has 0 saturated heterocycles. The average molecular weight is 216 g/mol. The molecule has 0 radical (unpaired) electrons. The molecule has 16 heavy (non-hydrogen) atoms. The van der Waals surface area contributed by atoms with Crippen molar-refractivity contribution in [2.45, 2.75) is 20.4 Å². The van der Waals surface area contributed by atoms with E-state index in [0.717, 1.165) is 17.8 Å². The molecule has 1 aromatic heterocycles. The molecule has 2 aromatic rings. The fourth-order valence-electron chi connectivity index (χ4n) is 1.73. The van der Waals surface area contributed by atoms with E-state index in [1.807, 2.05) is 24.7 Å². The van der Waals surface area contributed by atoms with Crippen molar-refractivity contribution in [1.82, 2.24) is 9.55 Å². The average Bonchev–Trinajstić information content (AvgIpc) is 2.66. The molecule has 84 valence electrons. The number of nitrogens with zero attached hydrogens (tertiary/aromatic N) is 2. The molecule has 1 aromatic carbocycles. The minimum Gasteiger partial charge on any atom is -0.508 e. The third-order valence-corrected chi connectivity index (χ3v) is 2.44. The molecule has 0 aliphatic heterocycles. The molecule has 0 unspecified atom stereocenters. The first-order valence-corrected chi connectivity index (χ1v) is 5.46. The summed E-state index contributed by atoms with van der Waals surface area (Å²) in [5.41, 5.74) is 2.17. The fraction of sp³-hybridized carbons (Fsp3) is 0.308. The zero-order valence-corrected chi connectivity index (χ0v) is 9.59. The van der Waals surface area contributed by atoms with Gasteiger partial charge in [-0.1, -0.05) is 13.8 Å². The van der Waals surface area contributed by atoms with Crippen molar-refractivity contribution in [2.24, 2.45) is 5.92 Å². The molecule has 1 N–H and O–H groups in total. The predicted octanol–water partition coefficient (Wildman–Crippen LogP) is 2.91. The van der Waals surface area contributed by atoms with Crippen LogP contribution >= 0.6 is 0 Å². The second kappa shape index (κ2) is 4.39. The van der Waals surface area contributed by atoms with Crippen molar-refractivity contribution < 1.29 is 5.11 Å². The van der Waals surface area contributed by atoms with Crippen molar-refractivity contribution in [3.05, 3.63) is 36.8 Å². The van der Waals surface area contributed by atoms with E-state index in [4.69, 9.17) is 0 Å². The summed E-state index contributed by atoms with van der Waals surface area (Å²) in [5.74, 6) is 0.878. The lowest BCUT2D eigenvalue weighted by molar-refractivity contribution is 0.475. The maximum atomic E-state index is 9.25. The van der Waals surface area contributed by atoms with Gasteiger partial charge < -0.3 is 9.67 Å². The minimum atomic E-state index is 0.290. The number of aromatic nitrogens is 2. The Kier molecular flexibility index (Phi) is 2.95. The summed E-state index contributed by atoms with van der Waals surface area (Å²) < 4.78 is 2.14. The van der Waals surface area contributed by atoms with E-state index >= 15 is 0 Å². The highest BCUT2D eigenvalue weighted by molar-refractivity contribution is 5.59. The molecule has 0 bridgehead atoms. The number of aromatic hydroxyl groups is 1. The van der Waals surface area contributed by atoms with Gasteiger partial charge in [0.15, 0.2) is 0 Å². The first-order chi connectivity index (χ1) is 7.66. The number of rotatable bonds is 3. The van der Waals surface area contributed by atoms with E-state index in [-0.39, 0.29) is 0 Å². The summed E-state index contributed by atoms with van der Waals surface area (Å²) >= 11 is 0. The topological polar surface area (TPSA) is 38.0 Å². The van der Waals surface area contributed by atoms with E-state index in [1.165, 1.54) is 0 Å². The van der Waals surface area contributed by atoms with Crippen molar-refractivity contribution in [2.75, 3.05) is 0 Å². The first kappa shape index (κ1) is 10.7. The Morgan fingerprint density at radius 2 is 1.94 bits per heavy atom. The summed E-state index contributed by atoms with van der Waals surface area (Å²) in [6, 6.07) is 7.20. The fourth-order valence-corrected chi connectivity index (χ4v) is 1.73. The lowest BCUT2D eigenvalue weighted by Gasteiger charge is -2.10. The van der Waals surface area contributed by atoms with Crippen LogP contribution in [0.15, 0.2) is 36.8 Å². The second-order valence-electron chi connectivity index (χ2n) is 4.37. The van der Waals surface area contributed by atoms with E-state index < -0.39 is 0 Å². The maximum absolute atomic E-state index is 9.25. The van der Waals surface area contributed by atoms with Crippen molar-refractivity contribution >= 4 is 0 Å². The lowest BCUT2D eigenvalue weighted by atomic mass is 10.1. The highest BCUT2D eigenvalue weighted by atomic mass is 16.3. The Morgan fingerprint density at radius 3 is 2.56 bits per heavy atom. The van der Waals surface area contributed by atoms with E-state index in [1.54, 1.807) is 12.1 Å². The molecule has 0 atom stereocenters. The third-order valence-electron chi connectivity index (χ3n) is 2.44. The van der Waals surface area contributed by atoms with Gasteiger partial charge in [0.1, 0.15) is 5.75 Å². The zero-order chi connectivity index (χ0) is 11.5. The minimum absolute atomic E-state index is 0.290. The summed E-state index contributed by atoms with van der Waals surface area (Å²) in [6.45, 7) is 5.32. The number of phenolic OH excluding ortho intramolecular Hbond substituents is 1. The Balaban J connectivity index is 2.33. The summed E-state index contributed by atoms with van der Waals surface area (Å²) in [5, 5.41) is 9.25. The highest BCUT2D eigenvalue weighted by Gasteiger charge is 2.06. The van der Waals surface area contributed by atoms with Gasteiger partial charge in [0.05, 0.1) is 18.2 Å². The van der Waals surface area contributed by atoms with E-state index in [9.17, 15) is 5.11 Å². The van der Waals surface area contributed by atoms with Crippen molar-refractivity contribution in [3.8, 4) is 17.0 Å². The molecule has 3 nitrogen and oxygen atoms in total. The van der Waals surface area contributed by atoms with Gasteiger partial charge in [0.2, 0.25) is 0 Å².